The molecule has 0 saturated carbocycles. The van der Waals surface area contributed by atoms with Gasteiger partial charge in [-0.1, -0.05) is 52.8 Å². The maximum absolute atomic E-state index is 12.3. The molecule has 25 heavy (non-hydrogen) atoms. The van der Waals surface area contributed by atoms with Gasteiger partial charge in [-0.05, 0) is 41.5 Å². The first-order chi connectivity index (χ1) is 11.8. The SMILES string of the molecule is CC(C)CCNC(=O)c1cc(Nc2ccccc2C(C)(C)C)ccn1. The summed E-state index contributed by atoms with van der Waals surface area (Å²) in [6.45, 7) is 11.5. The molecule has 0 bridgehead atoms. The van der Waals surface area contributed by atoms with E-state index in [1.807, 2.05) is 18.2 Å². The highest BCUT2D eigenvalue weighted by Crippen LogP contribution is 2.31. The molecule has 0 spiro atoms. The summed E-state index contributed by atoms with van der Waals surface area (Å²) < 4.78 is 0. The van der Waals surface area contributed by atoms with E-state index in [2.05, 4.69) is 62.4 Å². The van der Waals surface area contributed by atoms with E-state index in [-0.39, 0.29) is 11.3 Å². The van der Waals surface area contributed by atoms with Gasteiger partial charge in [0.15, 0.2) is 0 Å². The third-order valence-corrected chi connectivity index (χ3v) is 4.01. The standard InChI is InChI=1S/C21H29N3O/c1-15(2)10-12-23-20(25)19-14-16(11-13-22-19)24-18-9-7-6-8-17(18)21(3,4)5/h6-9,11,13-15H,10,12H2,1-5H3,(H,22,24)(H,23,25). The third-order valence-electron chi connectivity index (χ3n) is 4.01. The number of anilines is 2. The summed E-state index contributed by atoms with van der Waals surface area (Å²) in [6, 6.07) is 11.9. The van der Waals surface area contributed by atoms with Crippen molar-refractivity contribution in [1.82, 2.24) is 10.3 Å². The van der Waals surface area contributed by atoms with Gasteiger partial charge in [0.1, 0.15) is 5.69 Å². The lowest BCUT2D eigenvalue weighted by molar-refractivity contribution is 0.0947. The molecule has 134 valence electrons. The number of carbonyl (C=O) groups excluding carboxylic acids is 1. The second-order valence-electron chi connectivity index (χ2n) is 7.79. The molecule has 0 atom stereocenters. The minimum Gasteiger partial charge on any atom is -0.355 e. The second-order valence-corrected chi connectivity index (χ2v) is 7.79. The zero-order valence-electron chi connectivity index (χ0n) is 15.9. The number of rotatable bonds is 6. The summed E-state index contributed by atoms with van der Waals surface area (Å²) in [6.07, 6.45) is 2.63. The van der Waals surface area contributed by atoms with Crippen molar-refractivity contribution in [2.75, 3.05) is 11.9 Å². The van der Waals surface area contributed by atoms with Crippen LogP contribution in [0.5, 0.6) is 0 Å². The average molecular weight is 339 g/mol. The number of aromatic nitrogens is 1. The zero-order chi connectivity index (χ0) is 18.4. The molecule has 1 heterocycles. The summed E-state index contributed by atoms with van der Waals surface area (Å²) in [5, 5.41) is 6.36. The molecular weight excluding hydrogens is 310 g/mol. The van der Waals surface area contributed by atoms with Crippen LogP contribution in [-0.4, -0.2) is 17.4 Å². The monoisotopic (exact) mass is 339 g/mol. The number of para-hydroxylation sites is 1. The highest BCUT2D eigenvalue weighted by atomic mass is 16.1. The molecule has 1 aromatic carbocycles. The Balaban J connectivity index is 2.14. The lowest BCUT2D eigenvalue weighted by atomic mass is 9.86. The summed E-state index contributed by atoms with van der Waals surface area (Å²) in [5.74, 6) is 0.434. The van der Waals surface area contributed by atoms with Crippen molar-refractivity contribution < 1.29 is 4.79 Å². The smallest absolute Gasteiger partial charge is 0.269 e. The topological polar surface area (TPSA) is 54.0 Å². The molecule has 4 heteroatoms. The molecule has 1 aromatic heterocycles. The summed E-state index contributed by atoms with van der Waals surface area (Å²) in [7, 11) is 0. The van der Waals surface area contributed by atoms with Gasteiger partial charge in [0.25, 0.3) is 5.91 Å². The molecule has 1 amide bonds. The molecule has 0 unspecified atom stereocenters. The third kappa shape index (κ3) is 5.59. The van der Waals surface area contributed by atoms with Crippen LogP contribution in [0.25, 0.3) is 0 Å². The maximum Gasteiger partial charge on any atom is 0.269 e. The molecule has 0 saturated heterocycles. The van der Waals surface area contributed by atoms with Crippen LogP contribution in [0.2, 0.25) is 0 Å². The van der Waals surface area contributed by atoms with E-state index in [0.29, 0.717) is 18.2 Å². The van der Waals surface area contributed by atoms with Gasteiger partial charge in [0.05, 0.1) is 0 Å². The van der Waals surface area contributed by atoms with Crippen molar-refractivity contribution in [3.05, 3.63) is 53.9 Å². The molecule has 0 aliphatic carbocycles. The first-order valence-corrected chi connectivity index (χ1v) is 8.88. The van der Waals surface area contributed by atoms with Crippen LogP contribution in [0.1, 0.15) is 57.1 Å². The fraction of sp³-hybridized carbons (Fsp3) is 0.429. The van der Waals surface area contributed by atoms with Gasteiger partial charge in [-0.25, -0.2) is 0 Å². The van der Waals surface area contributed by atoms with E-state index in [1.54, 1.807) is 12.3 Å². The first-order valence-electron chi connectivity index (χ1n) is 8.88. The van der Waals surface area contributed by atoms with Gasteiger partial charge in [0, 0.05) is 24.1 Å². The van der Waals surface area contributed by atoms with E-state index in [1.165, 1.54) is 5.56 Å². The number of pyridine rings is 1. The Morgan fingerprint density at radius 2 is 1.88 bits per heavy atom. The Morgan fingerprint density at radius 1 is 1.16 bits per heavy atom. The summed E-state index contributed by atoms with van der Waals surface area (Å²) in [5.41, 5.74) is 3.61. The van der Waals surface area contributed by atoms with Crippen molar-refractivity contribution in [1.29, 1.82) is 0 Å². The van der Waals surface area contributed by atoms with Gasteiger partial charge >= 0.3 is 0 Å². The van der Waals surface area contributed by atoms with E-state index >= 15 is 0 Å². The van der Waals surface area contributed by atoms with Crippen molar-refractivity contribution >= 4 is 17.3 Å². The minimum absolute atomic E-state index is 0.0354. The minimum atomic E-state index is -0.131. The quantitative estimate of drug-likeness (QED) is 0.787. The highest BCUT2D eigenvalue weighted by Gasteiger charge is 2.17. The lowest BCUT2D eigenvalue weighted by Crippen LogP contribution is -2.26. The zero-order valence-corrected chi connectivity index (χ0v) is 15.9. The fourth-order valence-electron chi connectivity index (χ4n) is 2.60. The van der Waals surface area contributed by atoms with E-state index < -0.39 is 0 Å². The van der Waals surface area contributed by atoms with Crippen LogP contribution in [-0.2, 0) is 5.41 Å². The van der Waals surface area contributed by atoms with Crippen LogP contribution >= 0.6 is 0 Å². The molecule has 2 N–H and O–H groups in total. The molecule has 0 aliphatic rings. The highest BCUT2D eigenvalue weighted by molar-refractivity contribution is 5.93. The molecule has 4 nitrogen and oxygen atoms in total. The van der Waals surface area contributed by atoms with E-state index in [0.717, 1.165) is 17.8 Å². The van der Waals surface area contributed by atoms with Crippen LogP contribution < -0.4 is 10.6 Å². The number of hydrogen-bond acceptors (Lipinski definition) is 3. The second kappa shape index (κ2) is 8.15. The maximum atomic E-state index is 12.3. The predicted molar refractivity (Wildman–Crippen MR) is 104 cm³/mol. The van der Waals surface area contributed by atoms with Crippen LogP contribution in [0.4, 0.5) is 11.4 Å². The molecular formula is C21H29N3O. The summed E-state index contributed by atoms with van der Waals surface area (Å²) in [4.78, 5) is 16.5. The number of nitrogens with one attached hydrogen (secondary N) is 2. The average Bonchev–Trinajstić information content (AvgIpc) is 2.54. The normalized spacial score (nSPS) is 11.4. The predicted octanol–water partition coefficient (Wildman–Crippen LogP) is 4.90. The Hall–Kier alpha value is -2.36. The van der Waals surface area contributed by atoms with Gasteiger partial charge < -0.3 is 10.6 Å². The lowest BCUT2D eigenvalue weighted by Gasteiger charge is -2.23. The van der Waals surface area contributed by atoms with Crippen LogP contribution in [0.3, 0.4) is 0 Å². The molecule has 0 fully saturated rings. The molecule has 0 radical (unpaired) electrons. The van der Waals surface area contributed by atoms with E-state index in [4.69, 9.17) is 0 Å². The number of benzene rings is 1. The van der Waals surface area contributed by atoms with Gasteiger partial charge in [-0.15, -0.1) is 0 Å². The summed E-state index contributed by atoms with van der Waals surface area (Å²) >= 11 is 0. The fourth-order valence-corrected chi connectivity index (χ4v) is 2.60. The Bertz CT molecular complexity index is 717. The van der Waals surface area contributed by atoms with Gasteiger partial charge in [0.2, 0.25) is 0 Å². The molecule has 2 aromatic rings. The van der Waals surface area contributed by atoms with Crippen molar-refractivity contribution in [3.8, 4) is 0 Å². The number of hydrogen-bond donors (Lipinski definition) is 2. The Kier molecular flexibility index (Phi) is 6.18. The van der Waals surface area contributed by atoms with Crippen LogP contribution in [0.15, 0.2) is 42.6 Å². The first kappa shape index (κ1) is 19.0. The Labute approximate surface area is 151 Å². The van der Waals surface area contributed by atoms with Gasteiger partial charge in [-0.3, -0.25) is 9.78 Å². The van der Waals surface area contributed by atoms with Crippen LogP contribution in [0, 0.1) is 5.92 Å². The number of carbonyl (C=O) groups is 1. The van der Waals surface area contributed by atoms with Crippen molar-refractivity contribution in [3.63, 3.8) is 0 Å². The number of amides is 1. The molecule has 0 aliphatic heterocycles. The van der Waals surface area contributed by atoms with Crippen molar-refractivity contribution in [2.45, 2.75) is 46.5 Å². The number of nitrogens with zero attached hydrogens (tertiary/aromatic N) is 1. The van der Waals surface area contributed by atoms with Gasteiger partial charge in [-0.2, -0.15) is 0 Å². The van der Waals surface area contributed by atoms with Crippen molar-refractivity contribution in [2.24, 2.45) is 5.92 Å². The Morgan fingerprint density at radius 3 is 2.56 bits per heavy atom. The largest absolute Gasteiger partial charge is 0.355 e. The van der Waals surface area contributed by atoms with E-state index in [9.17, 15) is 4.79 Å². The molecule has 2 rings (SSSR count).